The Hall–Kier alpha value is -2.97. The van der Waals surface area contributed by atoms with E-state index in [0.29, 0.717) is 36.8 Å². The normalized spacial score (nSPS) is 10.8. The fourth-order valence-electron chi connectivity index (χ4n) is 3.21. The average molecular weight is 459 g/mol. The second-order valence-electron chi connectivity index (χ2n) is 7.21. The van der Waals surface area contributed by atoms with E-state index in [1.54, 1.807) is 46.4 Å². The first-order chi connectivity index (χ1) is 15.6. The van der Waals surface area contributed by atoms with E-state index in [4.69, 9.17) is 9.15 Å². The molecule has 8 heteroatoms. The Morgan fingerprint density at radius 1 is 1.06 bits per heavy atom. The van der Waals surface area contributed by atoms with Crippen molar-refractivity contribution in [1.82, 2.24) is 9.80 Å². The van der Waals surface area contributed by atoms with Crippen LogP contribution in [-0.4, -0.2) is 47.9 Å². The molecule has 0 aliphatic rings. The SMILES string of the molecule is CCOCCCN(CC(=O)N(Cc1ccc(F)cc1)Cc1ccco1)C(=O)c1cccs1. The number of carbonyl (C=O) groups is 2. The number of carbonyl (C=O) groups excluding carboxylic acids is 2. The van der Waals surface area contributed by atoms with Crippen molar-refractivity contribution in [3.63, 3.8) is 0 Å². The van der Waals surface area contributed by atoms with Crippen molar-refractivity contribution in [1.29, 1.82) is 0 Å². The first kappa shape index (κ1) is 23.7. The molecule has 0 aliphatic heterocycles. The number of rotatable bonds is 12. The van der Waals surface area contributed by atoms with Gasteiger partial charge in [-0.1, -0.05) is 18.2 Å². The van der Waals surface area contributed by atoms with Gasteiger partial charge in [-0.05, 0) is 54.6 Å². The zero-order valence-electron chi connectivity index (χ0n) is 18.0. The molecule has 0 fully saturated rings. The number of halogens is 1. The maximum Gasteiger partial charge on any atom is 0.264 e. The summed E-state index contributed by atoms with van der Waals surface area (Å²) < 4.78 is 24.1. The highest BCUT2D eigenvalue weighted by molar-refractivity contribution is 7.12. The minimum Gasteiger partial charge on any atom is -0.467 e. The molecule has 0 unspecified atom stereocenters. The van der Waals surface area contributed by atoms with Crippen LogP contribution in [0.2, 0.25) is 0 Å². The standard InChI is InChI=1S/C24H27FN2O4S/c1-2-30-13-5-12-26(24(29)22-7-4-15-32-22)18-23(28)27(17-21-6-3-14-31-21)16-19-8-10-20(25)11-9-19/h3-4,6-11,14-15H,2,5,12-13,16-18H2,1H3. The minimum absolute atomic E-state index is 0.0647. The van der Waals surface area contributed by atoms with Crippen LogP contribution in [-0.2, 0) is 22.6 Å². The van der Waals surface area contributed by atoms with Gasteiger partial charge in [-0.3, -0.25) is 9.59 Å². The van der Waals surface area contributed by atoms with Crippen molar-refractivity contribution in [3.8, 4) is 0 Å². The molecule has 0 bridgehead atoms. The predicted molar refractivity (Wildman–Crippen MR) is 121 cm³/mol. The van der Waals surface area contributed by atoms with Crippen molar-refractivity contribution in [2.45, 2.75) is 26.4 Å². The largest absolute Gasteiger partial charge is 0.467 e. The number of hydrogen-bond acceptors (Lipinski definition) is 5. The molecule has 1 aromatic carbocycles. The highest BCUT2D eigenvalue weighted by Gasteiger charge is 2.23. The van der Waals surface area contributed by atoms with E-state index in [1.165, 1.54) is 23.5 Å². The van der Waals surface area contributed by atoms with Crippen LogP contribution in [0.25, 0.3) is 0 Å². The Balaban J connectivity index is 1.74. The predicted octanol–water partition coefficient (Wildman–Crippen LogP) is 4.58. The summed E-state index contributed by atoms with van der Waals surface area (Å²) in [4.78, 5) is 30.1. The summed E-state index contributed by atoms with van der Waals surface area (Å²) in [7, 11) is 0. The zero-order chi connectivity index (χ0) is 22.8. The van der Waals surface area contributed by atoms with Crippen LogP contribution in [0.4, 0.5) is 4.39 Å². The summed E-state index contributed by atoms with van der Waals surface area (Å²) in [6.07, 6.45) is 2.19. The van der Waals surface area contributed by atoms with Gasteiger partial charge in [0, 0.05) is 26.3 Å². The Bertz CT molecular complexity index is 959. The van der Waals surface area contributed by atoms with E-state index in [-0.39, 0.29) is 37.3 Å². The van der Waals surface area contributed by atoms with Crippen LogP contribution in [0.1, 0.15) is 34.3 Å². The number of nitrogens with zero attached hydrogens (tertiary/aromatic N) is 2. The summed E-state index contributed by atoms with van der Waals surface area (Å²) >= 11 is 1.35. The lowest BCUT2D eigenvalue weighted by molar-refractivity contribution is -0.133. The lowest BCUT2D eigenvalue weighted by Gasteiger charge is -2.27. The van der Waals surface area contributed by atoms with Gasteiger partial charge in [0.25, 0.3) is 5.91 Å². The highest BCUT2D eigenvalue weighted by atomic mass is 32.1. The molecule has 2 aromatic heterocycles. The molecule has 0 radical (unpaired) electrons. The Morgan fingerprint density at radius 2 is 1.88 bits per heavy atom. The fourth-order valence-corrected chi connectivity index (χ4v) is 3.90. The number of hydrogen-bond donors (Lipinski definition) is 0. The van der Waals surface area contributed by atoms with E-state index in [2.05, 4.69) is 0 Å². The molecule has 0 aliphatic carbocycles. The first-order valence-electron chi connectivity index (χ1n) is 10.5. The lowest BCUT2D eigenvalue weighted by atomic mass is 10.2. The van der Waals surface area contributed by atoms with Gasteiger partial charge in [0.05, 0.1) is 17.7 Å². The van der Waals surface area contributed by atoms with Gasteiger partial charge in [0.1, 0.15) is 18.1 Å². The quantitative estimate of drug-likeness (QED) is 0.373. The van der Waals surface area contributed by atoms with Crippen molar-refractivity contribution >= 4 is 23.2 Å². The smallest absolute Gasteiger partial charge is 0.264 e. The van der Waals surface area contributed by atoms with Crippen LogP contribution in [0.3, 0.4) is 0 Å². The molecule has 32 heavy (non-hydrogen) atoms. The minimum atomic E-state index is -0.334. The van der Waals surface area contributed by atoms with Crippen molar-refractivity contribution in [2.24, 2.45) is 0 Å². The van der Waals surface area contributed by atoms with Crippen LogP contribution >= 0.6 is 11.3 Å². The fraction of sp³-hybridized carbons (Fsp3) is 0.333. The third-order valence-corrected chi connectivity index (χ3v) is 5.69. The molecule has 2 amide bonds. The molecule has 3 rings (SSSR count). The van der Waals surface area contributed by atoms with Crippen LogP contribution in [0, 0.1) is 5.82 Å². The first-order valence-corrected chi connectivity index (χ1v) is 11.4. The van der Waals surface area contributed by atoms with Gasteiger partial charge in [-0.2, -0.15) is 0 Å². The maximum atomic E-state index is 13.3. The summed E-state index contributed by atoms with van der Waals surface area (Å²) in [5.74, 6) is -0.0933. The molecular formula is C24H27FN2O4S. The molecule has 0 saturated heterocycles. The lowest BCUT2D eigenvalue weighted by Crippen LogP contribution is -2.43. The number of thiophene rings is 1. The summed E-state index contributed by atoms with van der Waals surface area (Å²) in [5.41, 5.74) is 0.791. The van der Waals surface area contributed by atoms with E-state index < -0.39 is 0 Å². The molecular weight excluding hydrogens is 431 g/mol. The van der Waals surface area contributed by atoms with E-state index in [1.807, 2.05) is 18.4 Å². The monoisotopic (exact) mass is 458 g/mol. The van der Waals surface area contributed by atoms with Crippen molar-refractivity contribution < 1.29 is 23.1 Å². The van der Waals surface area contributed by atoms with Gasteiger partial charge in [-0.25, -0.2) is 4.39 Å². The molecule has 170 valence electrons. The Labute approximate surface area is 191 Å². The Morgan fingerprint density at radius 3 is 2.53 bits per heavy atom. The second kappa shape index (κ2) is 12.2. The number of furan rings is 1. The molecule has 0 atom stereocenters. The molecule has 6 nitrogen and oxygen atoms in total. The molecule has 0 saturated carbocycles. The van der Waals surface area contributed by atoms with Gasteiger partial charge >= 0.3 is 0 Å². The third-order valence-electron chi connectivity index (χ3n) is 4.83. The maximum absolute atomic E-state index is 13.3. The van der Waals surface area contributed by atoms with E-state index in [0.717, 1.165) is 5.56 Å². The molecule has 2 heterocycles. The topological polar surface area (TPSA) is 63.0 Å². The average Bonchev–Trinajstić information content (AvgIpc) is 3.51. The van der Waals surface area contributed by atoms with Crippen LogP contribution in [0.15, 0.2) is 64.6 Å². The van der Waals surface area contributed by atoms with Gasteiger partial charge in [0.15, 0.2) is 0 Å². The number of benzene rings is 1. The van der Waals surface area contributed by atoms with Crippen molar-refractivity contribution in [3.05, 3.63) is 82.2 Å². The van der Waals surface area contributed by atoms with Gasteiger partial charge in [-0.15, -0.1) is 11.3 Å². The summed E-state index contributed by atoms with van der Waals surface area (Å²) in [6.45, 7) is 3.92. The molecule has 3 aromatic rings. The second-order valence-corrected chi connectivity index (χ2v) is 8.16. The Kier molecular flexibility index (Phi) is 9.01. The summed E-state index contributed by atoms with van der Waals surface area (Å²) in [5, 5.41) is 1.84. The highest BCUT2D eigenvalue weighted by Crippen LogP contribution is 2.15. The van der Waals surface area contributed by atoms with E-state index in [9.17, 15) is 14.0 Å². The number of ether oxygens (including phenoxy) is 1. The summed E-state index contributed by atoms with van der Waals surface area (Å²) in [6, 6.07) is 13.2. The molecule has 0 N–H and O–H groups in total. The van der Waals surface area contributed by atoms with Gasteiger partial charge in [0.2, 0.25) is 5.91 Å². The third kappa shape index (κ3) is 7.03. The number of amides is 2. The van der Waals surface area contributed by atoms with E-state index >= 15 is 0 Å². The van der Waals surface area contributed by atoms with Crippen molar-refractivity contribution in [2.75, 3.05) is 26.3 Å². The van der Waals surface area contributed by atoms with Gasteiger partial charge < -0.3 is 19.0 Å². The van der Waals surface area contributed by atoms with Crippen LogP contribution in [0.5, 0.6) is 0 Å². The zero-order valence-corrected chi connectivity index (χ0v) is 18.9. The van der Waals surface area contributed by atoms with Crippen LogP contribution < -0.4 is 0 Å². The molecule has 0 spiro atoms.